The van der Waals surface area contributed by atoms with E-state index in [1.54, 1.807) is 12.1 Å². The molecule has 5 nitrogen and oxygen atoms in total. The Morgan fingerprint density at radius 1 is 1.60 bits per heavy atom. The minimum atomic E-state index is -0.416. The van der Waals surface area contributed by atoms with Crippen LogP contribution in [0, 0.1) is 10.1 Å². The summed E-state index contributed by atoms with van der Waals surface area (Å²) in [6, 6.07) is 4.69. The lowest BCUT2D eigenvalue weighted by molar-refractivity contribution is -0.385. The molecule has 0 saturated carbocycles. The molecule has 1 aromatic carbocycles. The van der Waals surface area contributed by atoms with Crippen LogP contribution in [0.3, 0.4) is 0 Å². The molecule has 0 amide bonds. The van der Waals surface area contributed by atoms with E-state index in [1.807, 2.05) is 6.92 Å². The number of nitrogens with two attached hydrogens (primary N) is 1. The third-order valence-electron chi connectivity index (χ3n) is 2.03. The van der Waals surface area contributed by atoms with E-state index in [4.69, 9.17) is 10.5 Å². The molecule has 0 unspecified atom stereocenters. The van der Waals surface area contributed by atoms with E-state index in [-0.39, 0.29) is 11.7 Å². The molecule has 82 valence electrons. The topological polar surface area (TPSA) is 78.4 Å². The van der Waals surface area contributed by atoms with E-state index in [9.17, 15) is 10.1 Å². The number of hydrogen-bond acceptors (Lipinski definition) is 4. The third-order valence-corrected chi connectivity index (χ3v) is 2.03. The van der Waals surface area contributed by atoms with E-state index in [1.165, 1.54) is 13.2 Å². The Bertz CT molecular complexity index is 364. The second-order valence-corrected chi connectivity index (χ2v) is 3.43. The summed E-state index contributed by atoms with van der Waals surface area (Å²) in [7, 11) is 1.48. The van der Waals surface area contributed by atoms with E-state index < -0.39 is 4.92 Å². The molecule has 0 fully saturated rings. The van der Waals surface area contributed by atoms with Crippen LogP contribution in [0.2, 0.25) is 0 Å². The number of rotatable bonds is 4. The first-order valence-electron chi connectivity index (χ1n) is 4.61. The molecule has 0 aliphatic heterocycles. The predicted molar refractivity (Wildman–Crippen MR) is 57.0 cm³/mol. The average Bonchev–Trinajstić information content (AvgIpc) is 2.17. The zero-order chi connectivity index (χ0) is 11.4. The molecule has 0 aromatic heterocycles. The number of benzene rings is 1. The molecular formula is C10H14N2O3. The third kappa shape index (κ3) is 2.92. The summed E-state index contributed by atoms with van der Waals surface area (Å²) in [5, 5.41) is 10.8. The Kier molecular flexibility index (Phi) is 3.62. The molecule has 0 saturated heterocycles. The van der Waals surface area contributed by atoms with Gasteiger partial charge in [-0.1, -0.05) is 0 Å². The molecule has 5 heteroatoms. The number of nitro benzene ring substituents is 1. The number of hydrogen-bond donors (Lipinski definition) is 1. The highest BCUT2D eigenvalue weighted by Crippen LogP contribution is 2.25. The fourth-order valence-electron chi connectivity index (χ4n) is 1.36. The largest absolute Gasteiger partial charge is 0.497 e. The SMILES string of the molecule is COc1ccc(C[C@H](C)N)c([N+](=O)[O-])c1. The highest BCUT2D eigenvalue weighted by Gasteiger charge is 2.15. The zero-order valence-electron chi connectivity index (χ0n) is 8.77. The maximum Gasteiger partial charge on any atom is 0.276 e. The van der Waals surface area contributed by atoms with Crippen LogP contribution in [-0.4, -0.2) is 18.1 Å². The van der Waals surface area contributed by atoms with Gasteiger partial charge in [-0.3, -0.25) is 10.1 Å². The fraction of sp³-hybridized carbons (Fsp3) is 0.400. The monoisotopic (exact) mass is 210 g/mol. The Morgan fingerprint density at radius 2 is 2.27 bits per heavy atom. The molecule has 0 aliphatic carbocycles. The van der Waals surface area contributed by atoms with E-state index in [2.05, 4.69) is 0 Å². The summed E-state index contributed by atoms with van der Waals surface area (Å²) in [6.07, 6.45) is 0.486. The van der Waals surface area contributed by atoms with Gasteiger partial charge in [0.05, 0.1) is 18.1 Å². The molecule has 0 spiro atoms. The van der Waals surface area contributed by atoms with Crippen molar-refractivity contribution in [3.63, 3.8) is 0 Å². The minimum Gasteiger partial charge on any atom is -0.497 e. The number of nitro groups is 1. The lowest BCUT2D eigenvalue weighted by atomic mass is 10.1. The van der Waals surface area contributed by atoms with Gasteiger partial charge in [0.15, 0.2) is 0 Å². The summed E-state index contributed by atoms with van der Waals surface area (Å²) >= 11 is 0. The Labute approximate surface area is 88.0 Å². The summed E-state index contributed by atoms with van der Waals surface area (Å²) in [5.74, 6) is 0.482. The van der Waals surface area contributed by atoms with Crippen LogP contribution in [0.5, 0.6) is 5.75 Å². The quantitative estimate of drug-likeness (QED) is 0.603. The molecule has 0 heterocycles. The number of methoxy groups -OCH3 is 1. The summed E-state index contributed by atoms with van der Waals surface area (Å²) < 4.78 is 4.93. The van der Waals surface area contributed by atoms with Gasteiger partial charge in [-0.15, -0.1) is 0 Å². The Morgan fingerprint density at radius 3 is 2.73 bits per heavy atom. The fourth-order valence-corrected chi connectivity index (χ4v) is 1.36. The van der Waals surface area contributed by atoms with Gasteiger partial charge in [-0.25, -0.2) is 0 Å². The highest BCUT2D eigenvalue weighted by atomic mass is 16.6. The molecule has 1 atom stereocenters. The van der Waals surface area contributed by atoms with Gasteiger partial charge < -0.3 is 10.5 Å². The zero-order valence-corrected chi connectivity index (χ0v) is 8.77. The highest BCUT2D eigenvalue weighted by molar-refractivity contribution is 5.46. The van der Waals surface area contributed by atoms with Crippen molar-refractivity contribution in [2.45, 2.75) is 19.4 Å². The van der Waals surface area contributed by atoms with Gasteiger partial charge in [0, 0.05) is 11.6 Å². The van der Waals surface area contributed by atoms with Crippen molar-refractivity contribution in [1.82, 2.24) is 0 Å². The summed E-state index contributed by atoms with van der Waals surface area (Å²) in [6.45, 7) is 1.81. The lowest BCUT2D eigenvalue weighted by Crippen LogP contribution is -2.18. The average molecular weight is 210 g/mol. The molecule has 0 aliphatic rings. The minimum absolute atomic E-state index is 0.0617. The van der Waals surface area contributed by atoms with Crippen LogP contribution < -0.4 is 10.5 Å². The van der Waals surface area contributed by atoms with Gasteiger partial charge in [-0.2, -0.15) is 0 Å². The maximum atomic E-state index is 10.8. The molecule has 15 heavy (non-hydrogen) atoms. The normalized spacial score (nSPS) is 12.2. The molecule has 1 aromatic rings. The van der Waals surface area contributed by atoms with Crippen LogP contribution in [-0.2, 0) is 6.42 Å². The Balaban J connectivity index is 3.09. The van der Waals surface area contributed by atoms with Crippen LogP contribution in [0.1, 0.15) is 12.5 Å². The first-order valence-corrected chi connectivity index (χ1v) is 4.61. The Hall–Kier alpha value is -1.62. The molecule has 0 bridgehead atoms. The van der Waals surface area contributed by atoms with Crippen LogP contribution in [0.25, 0.3) is 0 Å². The van der Waals surface area contributed by atoms with Crippen molar-refractivity contribution < 1.29 is 9.66 Å². The summed E-state index contributed by atoms with van der Waals surface area (Å²) in [5.41, 5.74) is 6.31. The van der Waals surface area contributed by atoms with Gasteiger partial charge in [0.1, 0.15) is 5.75 Å². The van der Waals surface area contributed by atoms with Crippen molar-refractivity contribution in [2.75, 3.05) is 7.11 Å². The van der Waals surface area contributed by atoms with Gasteiger partial charge in [-0.05, 0) is 25.5 Å². The standard InChI is InChI=1S/C10H14N2O3/c1-7(11)5-8-3-4-9(15-2)6-10(8)12(13)14/h3-4,6-7H,5,11H2,1-2H3/t7-/m0/s1. The van der Waals surface area contributed by atoms with Crippen molar-refractivity contribution in [2.24, 2.45) is 5.73 Å². The molecule has 2 N–H and O–H groups in total. The second kappa shape index (κ2) is 4.75. The lowest BCUT2D eigenvalue weighted by Gasteiger charge is -2.07. The maximum absolute atomic E-state index is 10.8. The van der Waals surface area contributed by atoms with Crippen LogP contribution in [0.15, 0.2) is 18.2 Å². The van der Waals surface area contributed by atoms with E-state index >= 15 is 0 Å². The van der Waals surface area contributed by atoms with E-state index in [0.717, 1.165) is 0 Å². The van der Waals surface area contributed by atoms with Crippen LogP contribution in [0.4, 0.5) is 5.69 Å². The predicted octanol–water partition coefficient (Wildman–Crippen LogP) is 1.49. The first-order chi connectivity index (χ1) is 7.04. The smallest absolute Gasteiger partial charge is 0.276 e. The first kappa shape index (κ1) is 11.5. The number of ether oxygens (including phenoxy) is 1. The van der Waals surface area contributed by atoms with Crippen molar-refractivity contribution in [3.8, 4) is 5.75 Å². The molecule has 0 radical (unpaired) electrons. The molecule has 1 rings (SSSR count). The summed E-state index contributed by atoms with van der Waals surface area (Å²) in [4.78, 5) is 10.4. The van der Waals surface area contributed by atoms with Crippen molar-refractivity contribution in [1.29, 1.82) is 0 Å². The van der Waals surface area contributed by atoms with Crippen molar-refractivity contribution in [3.05, 3.63) is 33.9 Å². The molecular weight excluding hydrogens is 196 g/mol. The van der Waals surface area contributed by atoms with Gasteiger partial charge in [0.2, 0.25) is 0 Å². The van der Waals surface area contributed by atoms with Gasteiger partial charge >= 0.3 is 0 Å². The van der Waals surface area contributed by atoms with Crippen molar-refractivity contribution >= 4 is 5.69 Å². The number of nitrogens with zero attached hydrogens (tertiary/aromatic N) is 1. The van der Waals surface area contributed by atoms with Gasteiger partial charge in [0.25, 0.3) is 5.69 Å². The second-order valence-electron chi connectivity index (χ2n) is 3.43. The van der Waals surface area contributed by atoms with E-state index in [0.29, 0.717) is 17.7 Å². The van der Waals surface area contributed by atoms with Crippen LogP contribution >= 0.6 is 0 Å².